The van der Waals surface area contributed by atoms with Crippen LogP contribution in [0, 0.1) is 6.92 Å². The number of carbonyl (C=O) groups is 2. The Labute approximate surface area is 134 Å². The third-order valence-electron chi connectivity index (χ3n) is 3.22. The minimum Gasteiger partial charge on any atom is -0.376 e. The van der Waals surface area contributed by atoms with Crippen molar-refractivity contribution in [1.29, 1.82) is 0 Å². The van der Waals surface area contributed by atoms with E-state index in [9.17, 15) is 9.59 Å². The summed E-state index contributed by atoms with van der Waals surface area (Å²) in [6.45, 7) is 3.49. The van der Waals surface area contributed by atoms with E-state index >= 15 is 0 Å². The summed E-state index contributed by atoms with van der Waals surface area (Å²) >= 11 is 5.94. The van der Waals surface area contributed by atoms with Crippen molar-refractivity contribution in [2.75, 3.05) is 17.2 Å². The summed E-state index contributed by atoms with van der Waals surface area (Å²) < 4.78 is 0. The Morgan fingerprint density at radius 1 is 1.09 bits per heavy atom. The van der Waals surface area contributed by atoms with E-state index in [1.54, 1.807) is 36.4 Å². The first kappa shape index (κ1) is 16.0. The first-order chi connectivity index (χ1) is 10.5. The molecule has 0 aliphatic rings. The standard InChI is InChI=1S/C17H17ClN2O2/c1-11-7-8-13(18)9-16(11)19-10-17(22)20-15-6-4-3-5-14(15)12(2)21/h3-9,19H,10H2,1-2H3,(H,20,22). The van der Waals surface area contributed by atoms with Gasteiger partial charge in [-0.05, 0) is 43.7 Å². The van der Waals surface area contributed by atoms with Crippen molar-refractivity contribution in [3.63, 3.8) is 0 Å². The lowest BCUT2D eigenvalue weighted by Gasteiger charge is -2.12. The highest BCUT2D eigenvalue weighted by atomic mass is 35.5. The maximum Gasteiger partial charge on any atom is 0.243 e. The van der Waals surface area contributed by atoms with Crippen LogP contribution in [-0.2, 0) is 4.79 Å². The van der Waals surface area contributed by atoms with Gasteiger partial charge in [0, 0.05) is 16.3 Å². The maximum absolute atomic E-state index is 12.0. The zero-order chi connectivity index (χ0) is 16.1. The van der Waals surface area contributed by atoms with Gasteiger partial charge >= 0.3 is 0 Å². The van der Waals surface area contributed by atoms with Gasteiger partial charge in [-0.1, -0.05) is 29.8 Å². The lowest BCUT2D eigenvalue weighted by molar-refractivity contribution is -0.114. The number of aryl methyl sites for hydroxylation is 1. The second-order valence-corrected chi connectivity index (χ2v) is 5.40. The van der Waals surface area contributed by atoms with Gasteiger partial charge in [0.1, 0.15) is 0 Å². The Morgan fingerprint density at radius 3 is 2.55 bits per heavy atom. The first-order valence-electron chi connectivity index (χ1n) is 6.87. The number of anilines is 2. The topological polar surface area (TPSA) is 58.2 Å². The number of carbonyl (C=O) groups excluding carboxylic acids is 2. The van der Waals surface area contributed by atoms with Crippen LogP contribution in [0.4, 0.5) is 11.4 Å². The molecule has 0 aliphatic carbocycles. The van der Waals surface area contributed by atoms with Crippen LogP contribution in [0.3, 0.4) is 0 Å². The van der Waals surface area contributed by atoms with Crippen LogP contribution in [0.2, 0.25) is 5.02 Å². The number of ketones is 1. The number of halogens is 1. The molecule has 114 valence electrons. The first-order valence-corrected chi connectivity index (χ1v) is 7.25. The Balaban J connectivity index is 2.02. The Morgan fingerprint density at radius 2 is 1.82 bits per heavy atom. The van der Waals surface area contributed by atoms with Crippen molar-refractivity contribution in [3.8, 4) is 0 Å². The van der Waals surface area contributed by atoms with Gasteiger partial charge in [0.15, 0.2) is 5.78 Å². The molecule has 0 unspecified atom stereocenters. The van der Waals surface area contributed by atoms with Crippen molar-refractivity contribution in [2.45, 2.75) is 13.8 Å². The van der Waals surface area contributed by atoms with Crippen LogP contribution < -0.4 is 10.6 Å². The predicted octanol–water partition coefficient (Wildman–Crippen LogP) is 3.90. The van der Waals surface area contributed by atoms with Gasteiger partial charge in [-0.3, -0.25) is 9.59 Å². The van der Waals surface area contributed by atoms with Crippen molar-refractivity contribution in [2.24, 2.45) is 0 Å². The van der Waals surface area contributed by atoms with Crippen LogP contribution >= 0.6 is 11.6 Å². The predicted molar refractivity (Wildman–Crippen MR) is 89.8 cm³/mol. The summed E-state index contributed by atoms with van der Waals surface area (Å²) in [6.07, 6.45) is 0. The molecule has 0 aromatic heterocycles. The highest BCUT2D eigenvalue weighted by molar-refractivity contribution is 6.30. The zero-order valence-corrected chi connectivity index (χ0v) is 13.2. The van der Waals surface area contributed by atoms with Crippen LogP contribution in [-0.4, -0.2) is 18.2 Å². The van der Waals surface area contributed by atoms with Crippen molar-refractivity contribution in [3.05, 3.63) is 58.6 Å². The quantitative estimate of drug-likeness (QED) is 0.822. The fraction of sp³-hybridized carbons (Fsp3) is 0.176. The van der Waals surface area contributed by atoms with Gasteiger partial charge in [-0.25, -0.2) is 0 Å². The highest BCUT2D eigenvalue weighted by Gasteiger charge is 2.09. The van der Waals surface area contributed by atoms with E-state index in [-0.39, 0.29) is 18.2 Å². The molecule has 2 N–H and O–H groups in total. The normalized spacial score (nSPS) is 10.1. The number of amides is 1. The molecule has 0 saturated carbocycles. The fourth-order valence-electron chi connectivity index (χ4n) is 2.05. The summed E-state index contributed by atoms with van der Waals surface area (Å²) in [4.78, 5) is 23.6. The Hall–Kier alpha value is -2.33. The zero-order valence-electron chi connectivity index (χ0n) is 12.4. The SMILES string of the molecule is CC(=O)c1ccccc1NC(=O)CNc1cc(Cl)ccc1C. The number of nitrogens with one attached hydrogen (secondary N) is 2. The van der Waals surface area contributed by atoms with Crippen LogP contribution in [0.1, 0.15) is 22.8 Å². The summed E-state index contributed by atoms with van der Waals surface area (Å²) in [5, 5.41) is 6.39. The molecule has 0 bridgehead atoms. The number of hydrogen-bond donors (Lipinski definition) is 2. The lowest BCUT2D eigenvalue weighted by atomic mass is 10.1. The molecule has 0 aliphatic heterocycles. The summed E-state index contributed by atoms with van der Waals surface area (Å²) in [5.74, 6) is -0.317. The minimum atomic E-state index is -0.229. The van der Waals surface area contributed by atoms with E-state index in [0.29, 0.717) is 16.3 Å². The van der Waals surface area contributed by atoms with Crippen LogP contribution in [0.15, 0.2) is 42.5 Å². The molecule has 2 aromatic rings. The molecular formula is C17H17ClN2O2. The Kier molecular flexibility index (Phi) is 5.17. The van der Waals surface area contributed by atoms with Crippen LogP contribution in [0.5, 0.6) is 0 Å². The van der Waals surface area contributed by atoms with Gasteiger partial charge in [-0.2, -0.15) is 0 Å². The molecule has 2 rings (SSSR count). The summed E-state index contributed by atoms with van der Waals surface area (Å²) in [7, 11) is 0. The monoisotopic (exact) mass is 316 g/mol. The van der Waals surface area contributed by atoms with E-state index < -0.39 is 0 Å². The lowest BCUT2D eigenvalue weighted by Crippen LogP contribution is -2.23. The summed E-state index contributed by atoms with van der Waals surface area (Å²) in [5.41, 5.74) is 2.82. The molecule has 0 spiro atoms. The van der Waals surface area contributed by atoms with Crippen molar-refractivity contribution < 1.29 is 9.59 Å². The van der Waals surface area contributed by atoms with E-state index in [1.165, 1.54) is 6.92 Å². The highest BCUT2D eigenvalue weighted by Crippen LogP contribution is 2.20. The number of benzene rings is 2. The van der Waals surface area contributed by atoms with Gasteiger partial charge in [0.2, 0.25) is 5.91 Å². The van der Waals surface area contributed by atoms with Crippen molar-refractivity contribution in [1.82, 2.24) is 0 Å². The van der Waals surface area contributed by atoms with E-state index in [1.807, 2.05) is 13.0 Å². The maximum atomic E-state index is 12.0. The molecule has 0 heterocycles. The molecule has 1 amide bonds. The average Bonchev–Trinajstić information content (AvgIpc) is 2.48. The third-order valence-corrected chi connectivity index (χ3v) is 3.45. The van der Waals surface area contributed by atoms with E-state index in [0.717, 1.165) is 11.3 Å². The molecule has 22 heavy (non-hydrogen) atoms. The molecule has 5 heteroatoms. The van der Waals surface area contributed by atoms with Gasteiger partial charge in [0.05, 0.1) is 12.2 Å². The minimum absolute atomic E-state index is 0.0884. The van der Waals surface area contributed by atoms with Crippen LogP contribution in [0.25, 0.3) is 0 Å². The molecule has 0 atom stereocenters. The van der Waals surface area contributed by atoms with Gasteiger partial charge < -0.3 is 10.6 Å². The molecule has 0 radical (unpaired) electrons. The van der Waals surface area contributed by atoms with E-state index in [4.69, 9.17) is 11.6 Å². The second-order valence-electron chi connectivity index (χ2n) is 4.96. The third kappa shape index (κ3) is 4.09. The van der Waals surface area contributed by atoms with E-state index in [2.05, 4.69) is 10.6 Å². The number of para-hydroxylation sites is 1. The smallest absolute Gasteiger partial charge is 0.243 e. The number of rotatable bonds is 5. The molecule has 0 fully saturated rings. The second kappa shape index (κ2) is 7.09. The van der Waals surface area contributed by atoms with Crippen molar-refractivity contribution >= 4 is 34.7 Å². The molecule has 0 saturated heterocycles. The van der Waals surface area contributed by atoms with Gasteiger partial charge in [0.25, 0.3) is 0 Å². The van der Waals surface area contributed by atoms with Gasteiger partial charge in [-0.15, -0.1) is 0 Å². The number of hydrogen-bond acceptors (Lipinski definition) is 3. The molecular weight excluding hydrogens is 300 g/mol. The average molecular weight is 317 g/mol. The fourth-order valence-corrected chi connectivity index (χ4v) is 2.23. The largest absolute Gasteiger partial charge is 0.376 e. The summed E-state index contributed by atoms with van der Waals surface area (Å²) in [6, 6.07) is 12.4. The molecule has 2 aromatic carbocycles. The molecule has 4 nitrogen and oxygen atoms in total. The number of Topliss-reactive ketones (excluding diaryl/α,β-unsaturated/α-hetero) is 1. The Bertz CT molecular complexity index is 714.